The third-order valence-electron chi connectivity index (χ3n) is 2.54. The number of hydrogen-bond acceptors (Lipinski definition) is 3. The Labute approximate surface area is 98.2 Å². The predicted molar refractivity (Wildman–Crippen MR) is 61.6 cm³/mol. The third kappa shape index (κ3) is 3.03. The van der Waals surface area contributed by atoms with Crippen LogP contribution in [0, 0.1) is 0 Å². The SMILES string of the molecule is O=C(Cc1csc(Cl)c1)C1CCCCO1. The molecule has 0 spiro atoms. The van der Waals surface area contributed by atoms with Gasteiger partial charge in [0.2, 0.25) is 0 Å². The van der Waals surface area contributed by atoms with Crippen molar-refractivity contribution < 1.29 is 9.53 Å². The van der Waals surface area contributed by atoms with Crippen LogP contribution >= 0.6 is 22.9 Å². The summed E-state index contributed by atoms with van der Waals surface area (Å²) in [5.74, 6) is 0.184. The highest BCUT2D eigenvalue weighted by Crippen LogP contribution is 2.22. The molecule has 1 aromatic heterocycles. The molecule has 2 heterocycles. The van der Waals surface area contributed by atoms with Gasteiger partial charge in [0.1, 0.15) is 6.10 Å². The topological polar surface area (TPSA) is 26.3 Å². The minimum absolute atomic E-state index is 0.183. The molecule has 0 N–H and O–H groups in total. The smallest absolute Gasteiger partial charge is 0.165 e. The predicted octanol–water partition coefficient (Wildman–Crippen LogP) is 3.08. The fourth-order valence-corrected chi connectivity index (χ4v) is 2.66. The summed E-state index contributed by atoms with van der Waals surface area (Å²) < 4.78 is 6.18. The minimum atomic E-state index is -0.183. The van der Waals surface area contributed by atoms with E-state index in [-0.39, 0.29) is 11.9 Å². The number of hydrogen-bond donors (Lipinski definition) is 0. The lowest BCUT2D eigenvalue weighted by Gasteiger charge is -2.20. The largest absolute Gasteiger partial charge is 0.370 e. The molecule has 82 valence electrons. The number of ether oxygens (including phenoxy) is 1. The highest BCUT2D eigenvalue weighted by Gasteiger charge is 2.21. The standard InChI is InChI=1S/C11H13ClO2S/c12-11-6-8(7-15-11)5-9(13)10-3-1-2-4-14-10/h6-7,10H,1-5H2. The average molecular weight is 245 g/mol. The Morgan fingerprint density at radius 3 is 3.07 bits per heavy atom. The number of carbonyl (C=O) groups is 1. The molecule has 1 aliphatic heterocycles. The Morgan fingerprint density at radius 1 is 1.60 bits per heavy atom. The molecule has 0 saturated carbocycles. The van der Waals surface area contributed by atoms with Crippen molar-refractivity contribution in [2.45, 2.75) is 31.8 Å². The summed E-state index contributed by atoms with van der Waals surface area (Å²) in [6, 6.07) is 1.85. The molecule has 1 aromatic rings. The fraction of sp³-hybridized carbons (Fsp3) is 0.545. The second-order valence-corrected chi connectivity index (χ2v) is 5.30. The first-order valence-corrected chi connectivity index (χ1v) is 6.38. The first kappa shape index (κ1) is 11.1. The summed E-state index contributed by atoms with van der Waals surface area (Å²) in [4.78, 5) is 11.8. The van der Waals surface area contributed by atoms with Gasteiger partial charge in [-0.1, -0.05) is 11.6 Å². The van der Waals surface area contributed by atoms with Gasteiger partial charge >= 0.3 is 0 Å². The molecule has 1 fully saturated rings. The fourth-order valence-electron chi connectivity index (χ4n) is 1.75. The Bertz CT molecular complexity index is 342. The Balaban J connectivity index is 1.91. The van der Waals surface area contributed by atoms with Crippen LogP contribution < -0.4 is 0 Å². The molecule has 15 heavy (non-hydrogen) atoms. The van der Waals surface area contributed by atoms with Crippen molar-refractivity contribution in [2.75, 3.05) is 6.61 Å². The number of rotatable bonds is 3. The summed E-state index contributed by atoms with van der Waals surface area (Å²) in [5, 5.41) is 1.93. The second kappa shape index (κ2) is 5.10. The first-order chi connectivity index (χ1) is 7.25. The van der Waals surface area contributed by atoms with E-state index in [4.69, 9.17) is 16.3 Å². The van der Waals surface area contributed by atoms with Crippen molar-refractivity contribution >= 4 is 28.7 Å². The van der Waals surface area contributed by atoms with Crippen molar-refractivity contribution in [3.05, 3.63) is 21.3 Å². The maximum absolute atomic E-state index is 11.8. The molecule has 2 rings (SSSR count). The van der Waals surface area contributed by atoms with Crippen LogP contribution in [0.25, 0.3) is 0 Å². The van der Waals surface area contributed by atoms with E-state index in [0.717, 1.165) is 35.8 Å². The lowest BCUT2D eigenvalue weighted by molar-refractivity contribution is -0.132. The zero-order valence-electron chi connectivity index (χ0n) is 8.37. The normalized spacial score (nSPS) is 21.5. The molecule has 1 aliphatic rings. The summed E-state index contributed by atoms with van der Waals surface area (Å²) in [7, 11) is 0. The average Bonchev–Trinajstić information content (AvgIpc) is 2.65. The van der Waals surface area contributed by atoms with Gasteiger partial charge < -0.3 is 4.74 Å². The van der Waals surface area contributed by atoms with Crippen LogP contribution in [-0.2, 0) is 16.0 Å². The van der Waals surface area contributed by atoms with E-state index in [0.29, 0.717) is 6.42 Å². The zero-order valence-corrected chi connectivity index (χ0v) is 9.94. The van der Waals surface area contributed by atoms with Crippen LogP contribution in [0.2, 0.25) is 4.34 Å². The molecule has 0 aliphatic carbocycles. The summed E-state index contributed by atoms with van der Waals surface area (Å²) in [5.41, 5.74) is 1.00. The van der Waals surface area contributed by atoms with Crippen LogP contribution in [0.3, 0.4) is 0 Å². The molecule has 2 nitrogen and oxygen atoms in total. The van der Waals surface area contributed by atoms with Crippen LogP contribution in [0.15, 0.2) is 11.4 Å². The zero-order chi connectivity index (χ0) is 10.7. The van der Waals surface area contributed by atoms with Crippen LogP contribution in [0.1, 0.15) is 24.8 Å². The van der Waals surface area contributed by atoms with E-state index >= 15 is 0 Å². The monoisotopic (exact) mass is 244 g/mol. The highest BCUT2D eigenvalue weighted by molar-refractivity contribution is 7.14. The number of halogens is 1. The molecule has 0 bridgehead atoms. The third-order valence-corrected chi connectivity index (χ3v) is 3.68. The van der Waals surface area contributed by atoms with Crippen LogP contribution in [0.4, 0.5) is 0 Å². The van der Waals surface area contributed by atoms with Gasteiger partial charge in [0.25, 0.3) is 0 Å². The molecule has 4 heteroatoms. The lowest BCUT2D eigenvalue weighted by atomic mass is 10.0. The molecule has 0 radical (unpaired) electrons. The van der Waals surface area contributed by atoms with Gasteiger partial charge in [0.15, 0.2) is 5.78 Å². The molecular formula is C11H13ClO2S. The quantitative estimate of drug-likeness (QED) is 0.817. The van der Waals surface area contributed by atoms with Gasteiger partial charge in [0, 0.05) is 13.0 Å². The summed E-state index contributed by atoms with van der Waals surface area (Å²) in [6.45, 7) is 0.723. The molecule has 0 amide bonds. The first-order valence-electron chi connectivity index (χ1n) is 5.13. The Hall–Kier alpha value is -0.380. The van der Waals surface area contributed by atoms with Crippen LogP contribution in [0.5, 0.6) is 0 Å². The van der Waals surface area contributed by atoms with Gasteiger partial charge in [-0.15, -0.1) is 11.3 Å². The molecule has 1 saturated heterocycles. The van der Waals surface area contributed by atoms with Crippen molar-refractivity contribution in [3.63, 3.8) is 0 Å². The van der Waals surface area contributed by atoms with E-state index in [1.807, 2.05) is 11.4 Å². The van der Waals surface area contributed by atoms with Gasteiger partial charge in [-0.3, -0.25) is 4.79 Å². The van der Waals surface area contributed by atoms with Crippen molar-refractivity contribution in [1.29, 1.82) is 0 Å². The molecular weight excluding hydrogens is 232 g/mol. The number of ketones is 1. The Morgan fingerprint density at radius 2 is 2.47 bits per heavy atom. The molecule has 1 atom stereocenters. The summed E-state index contributed by atoms with van der Waals surface area (Å²) in [6.07, 6.45) is 3.32. The molecule has 0 aromatic carbocycles. The lowest BCUT2D eigenvalue weighted by Crippen LogP contribution is -2.29. The maximum atomic E-state index is 11.8. The van der Waals surface area contributed by atoms with Crippen LogP contribution in [-0.4, -0.2) is 18.5 Å². The van der Waals surface area contributed by atoms with Gasteiger partial charge in [-0.25, -0.2) is 0 Å². The minimum Gasteiger partial charge on any atom is -0.370 e. The Kier molecular flexibility index (Phi) is 3.78. The maximum Gasteiger partial charge on any atom is 0.165 e. The van der Waals surface area contributed by atoms with Gasteiger partial charge in [-0.05, 0) is 36.3 Å². The molecule has 1 unspecified atom stereocenters. The highest BCUT2D eigenvalue weighted by atomic mass is 35.5. The van der Waals surface area contributed by atoms with E-state index in [9.17, 15) is 4.79 Å². The van der Waals surface area contributed by atoms with E-state index in [1.54, 1.807) is 0 Å². The van der Waals surface area contributed by atoms with Crippen molar-refractivity contribution in [2.24, 2.45) is 0 Å². The van der Waals surface area contributed by atoms with Crippen molar-refractivity contribution in [1.82, 2.24) is 0 Å². The van der Waals surface area contributed by atoms with Gasteiger partial charge in [0.05, 0.1) is 4.34 Å². The number of Topliss-reactive ketones (excluding diaryl/α,β-unsaturated/α-hetero) is 1. The van der Waals surface area contributed by atoms with E-state index in [1.165, 1.54) is 11.3 Å². The van der Waals surface area contributed by atoms with E-state index < -0.39 is 0 Å². The second-order valence-electron chi connectivity index (χ2n) is 3.76. The van der Waals surface area contributed by atoms with Gasteiger partial charge in [-0.2, -0.15) is 0 Å². The van der Waals surface area contributed by atoms with E-state index in [2.05, 4.69) is 0 Å². The number of carbonyl (C=O) groups excluding carboxylic acids is 1. The number of thiophene rings is 1. The van der Waals surface area contributed by atoms with Crippen molar-refractivity contribution in [3.8, 4) is 0 Å². The summed E-state index contributed by atoms with van der Waals surface area (Å²) >= 11 is 7.27.